The fraction of sp³-hybridized carbons (Fsp3) is 0.150. The third-order valence-electron chi connectivity index (χ3n) is 4.19. The Morgan fingerprint density at radius 2 is 2.11 bits per heavy atom. The molecule has 1 aliphatic rings. The molecule has 0 aromatic heterocycles. The number of carbonyl (C=O) groups excluding carboxylic acids is 1. The number of carboxylic acid groups (broad SMARTS) is 1. The van der Waals surface area contributed by atoms with Crippen LogP contribution in [-0.4, -0.2) is 30.0 Å². The zero-order valence-electron chi connectivity index (χ0n) is 14.7. The Balaban J connectivity index is 1.99. The highest BCUT2D eigenvalue weighted by atomic mass is 32.2. The molecule has 0 bridgehead atoms. The Morgan fingerprint density at radius 1 is 1.33 bits per heavy atom. The SMILES string of the molecule is COc1cc(/C=C(\C#N)C(=O)N2CSc3cccc(C(=O)O)c32)ccc1C. The summed E-state index contributed by atoms with van der Waals surface area (Å²) >= 11 is 1.36. The molecule has 0 fully saturated rings. The number of nitrogens with zero attached hydrogens (tertiary/aromatic N) is 2. The van der Waals surface area contributed by atoms with Gasteiger partial charge in [0.1, 0.15) is 17.4 Å². The standard InChI is InChI=1S/C20H16N2O4S/c1-12-6-7-13(9-16(12)26-2)8-14(10-21)19(23)22-11-27-17-5-3-4-15(18(17)22)20(24)25/h3-9H,11H2,1-2H3,(H,24,25)/b14-8+. The van der Waals surface area contributed by atoms with Crippen molar-refractivity contribution in [1.29, 1.82) is 5.26 Å². The van der Waals surface area contributed by atoms with Crippen molar-refractivity contribution in [2.24, 2.45) is 0 Å². The Kier molecular flexibility index (Phi) is 5.19. The summed E-state index contributed by atoms with van der Waals surface area (Å²) in [5.41, 5.74) is 1.90. The van der Waals surface area contributed by atoms with E-state index in [9.17, 15) is 20.0 Å². The number of rotatable bonds is 4. The highest BCUT2D eigenvalue weighted by molar-refractivity contribution is 8.00. The summed E-state index contributed by atoms with van der Waals surface area (Å²) in [5.74, 6) is -0.729. The van der Waals surface area contributed by atoms with Crippen molar-refractivity contribution in [3.63, 3.8) is 0 Å². The lowest BCUT2D eigenvalue weighted by atomic mass is 10.1. The molecule has 0 radical (unpaired) electrons. The van der Waals surface area contributed by atoms with Crippen LogP contribution in [0.2, 0.25) is 0 Å². The number of methoxy groups -OCH3 is 1. The van der Waals surface area contributed by atoms with Gasteiger partial charge in [0, 0.05) is 4.90 Å². The number of thioether (sulfide) groups is 1. The van der Waals surface area contributed by atoms with Gasteiger partial charge in [-0.25, -0.2) is 4.79 Å². The second kappa shape index (κ2) is 7.56. The number of carbonyl (C=O) groups is 2. The van der Waals surface area contributed by atoms with Crippen molar-refractivity contribution < 1.29 is 19.4 Å². The zero-order valence-corrected chi connectivity index (χ0v) is 15.5. The molecule has 136 valence electrons. The van der Waals surface area contributed by atoms with Gasteiger partial charge in [0.15, 0.2) is 0 Å². The monoisotopic (exact) mass is 380 g/mol. The van der Waals surface area contributed by atoms with Crippen LogP contribution in [0.25, 0.3) is 6.08 Å². The summed E-state index contributed by atoms with van der Waals surface area (Å²) in [6, 6.07) is 12.2. The average Bonchev–Trinajstić information content (AvgIpc) is 3.10. The van der Waals surface area contributed by atoms with E-state index in [0.717, 1.165) is 5.56 Å². The van der Waals surface area contributed by atoms with Crippen LogP contribution in [0.3, 0.4) is 0 Å². The van der Waals surface area contributed by atoms with Crippen LogP contribution in [-0.2, 0) is 4.79 Å². The molecule has 0 atom stereocenters. The van der Waals surface area contributed by atoms with Crippen molar-refractivity contribution in [3.05, 3.63) is 58.7 Å². The molecule has 1 heterocycles. The molecule has 7 heteroatoms. The van der Waals surface area contributed by atoms with Crippen molar-refractivity contribution in [2.45, 2.75) is 11.8 Å². The molecule has 0 saturated carbocycles. The normalized spacial score (nSPS) is 13.1. The number of hydrogen-bond donors (Lipinski definition) is 1. The lowest BCUT2D eigenvalue weighted by Crippen LogP contribution is -2.30. The van der Waals surface area contributed by atoms with E-state index >= 15 is 0 Å². The lowest BCUT2D eigenvalue weighted by molar-refractivity contribution is -0.114. The minimum absolute atomic E-state index is 0.0418. The summed E-state index contributed by atoms with van der Waals surface area (Å²) in [4.78, 5) is 26.5. The van der Waals surface area contributed by atoms with Gasteiger partial charge in [-0.2, -0.15) is 5.26 Å². The molecule has 0 spiro atoms. The molecule has 27 heavy (non-hydrogen) atoms. The predicted molar refractivity (Wildman–Crippen MR) is 103 cm³/mol. The van der Waals surface area contributed by atoms with Crippen LogP contribution in [0.4, 0.5) is 5.69 Å². The smallest absolute Gasteiger partial charge is 0.337 e. The molecule has 2 aromatic carbocycles. The molecule has 3 rings (SSSR count). The van der Waals surface area contributed by atoms with E-state index in [4.69, 9.17) is 4.74 Å². The number of fused-ring (bicyclic) bond motifs is 1. The quantitative estimate of drug-likeness (QED) is 0.642. The first kappa shape index (κ1) is 18.5. The van der Waals surface area contributed by atoms with Crippen molar-refractivity contribution >= 4 is 35.4 Å². The minimum Gasteiger partial charge on any atom is -0.496 e. The third kappa shape index (κ3) is 3.52. The first-order chi connectivity index (χ1) is 13.0. The third-order valence-corrected chi connectivity index (χ3v) is 5.22. The molecule has 1 aliphatic heterocycles. The number of benzene rings is 2. The first-order valence-electron chi connectivity index (χ1n) is 8.03. The Hall–Kier alpha value is -3.24. The van der Waals surface area contributed by atoms with Crippen LogP contribution in [0.15, 0.2) is 46.9 Å². The molecular weight excluding hydrogens is 364 g/mol. The summed E-state index contributed by atoms with van der Waals surface area (Å²) in [7, 11) is 1.55. The molecule has 0 saturated heterocycles. The van der Waals surface area contributed by atoms with Crippen molar-refractivity contribution in [1.82, 2.24) is 0 Å². The maximum absolute atomic E-state index is 12.9. The molecule has 2 aromatic rings. The summed E-state index contributed by atoms with van der Waals surface area (Å²) < 4.78 is 5.27. The number of hydrogen-bond acceptors (Lipinski definition) is 5. The topological polar surface area (TPSA) is 90.6 Å². The summed E-state index contributed by atoms with van der Waals surface area (Å²) in [6.07, 6.45) is 1.48. The van der Waals surface area contributed by atoms with Gasteiger partial charge in [0.05, 0.1) is 24.2 Å². The van der Waals surface area contributed by atoms with Gasteiger partial charge in [-0.05, 0) is 42.3 Å². The van der Waals surface area contributed by atoms with Gasteiger partial charge >= 0.3 is 5.97 Å². The van der Waals surface area contributed by atoms with E-state index in [2.05, 4.69) is 0 Å². The fourth-order valence-corrected chi connectivity index (χ4v) is 3.88. The van der Waals surface area contributed by atoms with Crippen LogP contribution in [0, 0.1) is 18.3 Å². The van der Waals surface area contributed by atoms with Gasteiger partial charge in [0.2, 0.25) is 0 Å². The number of aryl methyl sites for hydroxylation is 1. The van der Waals surface area contributed by atoms with E-state index in [1.807, 2.05) is 19.1 Å². The number of amides is 1. The Bertz CT molecular complexity index is 1010. The molecule has 0 aliphatic carbocycles. The van der Waals surface area contributed by atoms with E-state index in [-0.39, 0.29) is 17.0 Å². The highest BCUT2D eigenvalue weighted by Crippen LogP contribution is 2.41. The number of aromatic carboxylic acids is 1. The summed E-state index contributed by atoms with van der Waals surface area (Å²) in [5, 5.41) is 18.9. The number of ether oxygens (including phenoxy) is 1. The van der Waals surface area contributed by atoms with E-state index in [0.29, 0.717) is 21.9 Å². The number of carboxylic acids is 1. The first-order valence-corrected chi connectivity index (χ1v) is 9.02. The van der Waals surface area contributed by atoms with Gasteiger partial charge in [0.25, 0.3) is 5.91 Å². The lowest BCUT2D eigenvalue weighted by Gasteiger charge is -2.17. The van der Waals surface area contributed by atoms with E-state index in [1.165, 1.54) is 28.8 Å². The maximum Gasteiger partial charge on any atom is 0.337 e. The molecule has 1 amide bonds. The second-order valence-corrected chi connectivity index (χ2v) is 6.85. The molecular formula is C20H16N2O4S. The van der Waals surface area contributed by atoms with Gasteiger partial charge in [-0.15, -0.1) is 11.8 Å². The van der Waals surface area contributed by atoms with Gasteiger partial charge in [-0.1, -0.05) is 18.2 Å². The fourth-order valence-electron chi connectivity index (χ4n) is 2.83. The Labute approximate surface area is 160 Å². The van der Waals surface area contributed by atoms with Gasteiger partial charge in [-0.3, -0.25) is 9.69 Å². The number of para-hydroxylation sites is 1. The second-order valence-electron chi connectivity index (χ2n) is 5.86. The van der Waals surface area contributed by atoms with Crippen LogP contribution in [0.1, 0.15) is 21.5 Å². The highest BCUT2D eigenvalue weighted by Gasteiger charge is 2.31. The maximum atomic E-state index is 12.9. The molecule has 0 unspecified atom stereocenters. The van der Waals surface area contributed by atoms with Crippen LogP contribution < -0.4 is 9.64 Å². The van der Waals surface area contributed by atoms with E-state index < -0.39 is 11.9 Å². The molecule has 6 nitrogen and oxygen atoms in total. The Morgan fingerprint density at radius 3 is 2.78 bits per heavy atom. The predicted octanol–water partition coefficient (Wildman–Crippen LogP) is 3.71. The van der Waals surface area contributed by atoms with Gasteiger partial charge < -0.3 is 9.84 Å². The largest absolute Gasteiger partial charge is 0.496 e. The zero-order chi connectivity index (χ0) is 19.6. The summed E-state index contributed by atoms with van der Waals surface area (Å²) in [6.45, 7) is 1.90. The average molecular weight is 380 g/mol. The van der Waals surface area contributed by atoms with Crippen LogP contribution >= 0.6 is 11.8 Å². The minimum atomic E-state index is -1.11. The van der Waals surface area contributed by atoms with Crippen molar-refractivity contribution in [3.8, 4) is 11.8 Å². The van der Waals surface area contributed by atoms with E-state index in [1.54, 1.807) is 31.4 Å². The number of nitriles is 1. The number of anilines is 1. The molecule has 1 N–H and O–H groups in total. The van der Waals surface area contributed by atoms with Crippen molar-refractivity contribution in [2.75, 3.05) is 17.9 Å². The van der Waals surface area contributed by atoms with Crippen LogP contribution in [0.5, 0.6) is 5.75 Å².